The molecule has 1 saturated heterocycles. The lowest BCUT2D eigenvalue weighted by atomic mass is 10.0. The number of aryl methyl sites for hydroxylation is 1. The van der Waals surface area contributed by atoms with Gasteiger partial charge in [-0.25, -0.2) is 4.98 Å². The highest BCUT2D eigenvalue weighted by atomic mass is 35.5. The molecule has 2 atom stereocenters. The summed E-state index contributed by atoms with van der Waals surface area (Å²) in [5.74, 6) is -0.210. The topological polar surface area (TPSA) is 91.6 Å². The van der Waals surface area contributed by atoms with E-state index in [1.807, 2.05) is 33.8 Å². The first-order valence-corrected chi connectivity index (χ1v) is 15.2. The zero-order valence-electron chi connectivity index (χ0n) is 24.2. The highest BCUT2D eigenvalue weighted by Crippen LogP contribution is 2.44. The predicted molar refractivity (Wildman–Crippen MR) is 172 cm³/mol. The van der Waals surface area contributed by atoms with Crippen molar-refractivity contribution < 1.29 is 9.90 Å². The van der Waals surface area contributed by atoms with E-state index in [1.165, 1.54) is 18.2 Å². The van der Waals surface area contributed by atoms with Gasteiger partial charge in [-0.15, -0.1) is 0 Å². The first-order valence-electron chi connectivity index (χ1n) is 14.0. The van der Waals surface area contributed by atoms with Crippen molar-refractivity contribution in [3.63, 3.8) is 0 Å². The number of hydrogen-bond donors (Lipinski definition) is 1. The van der Waals surface area contributed by atoms with Gasteiger partial charge in [-0.2, -0.15) is 0 Å². The molecule has 1 aromatic carbocycles. The number of carbonyl (C=O) groups is 1. The fourth-order valence-electron chi connectivity index (χ4n) is 6.41. The predicted octanol–water partition coefficient (Wildman–Crippen LogP) is 6.69. The quantitative estimate of drug-likeness (QED) is 0.251. The van der Waals surface area contributed by atoms with E-state index in [0.717, 1.165) is 16.9 Å². The maximum absolute atomic E-state index is 14.7. The van der Waals surface area contributed by atoms with Gasteiger partial charge < -0.3 is 14.9 Å². The summed E-state index contributed by atoms with van der Waals surface area (Å²) < 4.78 is 1.64. The highest BCUT2D eigenvalue weighted by molar-refractivity contribution is 6.44. The van der Waals surface area contributed by atoms with E-state index in [4.69, 9.17) is 39.8 Å². The number of pyridine rings is 3. The number of halogens is 3. The number of aromatic nitrogens is 3. The molecule has 0 saturated carbocycles. The number of carbonyl (C=O) groups excluding carboxylic acids is 1. The SMILES string of the molecule is C=CC(=O)N1CC2Cc3c(c4cc(Cl)c(-c5cc(O)cc(Cl)c5Cl)nc4n(-c4c(C)ccnc4C(C)C)c3=O)N2CC1C. The first kappa shape index (κ1) is 29.5. The maximum atomic E-state index is 14.7. The minimum atomic E-state index is -0.204. The van der Waals surface area contributed by atoms with Crippen LogP contribution >= 0.6 is 34.8 Å². The third-order valence-electron chi connectivity index (χ3n) is 8.39. The van der Waals surface area contributed by atoms with Crippen molar-refractivity contribution in [1.29, 1.82) is 0 Å². The second kappa shape index (κ2) is 10.8. The number of piperazine rings is 1. The van der Waals surface area contributed by atoms with Crippen molar-refractivity contribution >= 4 is 57.4 Å². The highest BCUT2D eigenvalue weighted by Gasteiger charge is 2.42. The van der Waals surface area contributed by atoms with Crippen LogP contribution in [0.2, 0.25) is 15.1 Å². The Morgan fingerprint density at radius 1 is 1.14 bits per heavy atom. The van der Waals surface area contributed by atoms with Crippen LogP contribution in [0.25, 0.3) is 28.0 Å². The molecule has 0 bridgehead atoms. The molecule has 4 aromatic rings. The average molecular weight is 639 g/mol. The largest absolute Gasteiger partial charge is 0.508 e. The van der Waals surface area contributed by atoms with Crippen LogP contribution < -0.4 is 10.5 Å². The zero-order chi connectivity index (χ0) is 30.9. The molecule has 0 radical (unpaired) electrons. The van der Waals surface area contributed by atoms with Crippen molar-refractivity contribution in [2.24, 2.45) is 0 Å². The molecule has 3 aromatic heterocycles. The Bertz CT molecular complexity index is 1900. The summed E-state index contributed by atoms with van der Waals surface area (Å²) in [6.07, 6.45) is 3.53. The van der Waals surface area contributed by atoms with Gasteiger partial charge in [0.2, 0.25) is 5.91 Å². The third kappa shape index (κ3) is 4.67. The number of aromatic hydroxyl groups is 1. The van der Waals surface area contributed by atoms with Crippen LogP contribution in [0.15, 0.2) is 47.9 Å². The molecule has 2 aliphatic rings. The van der Waals surface area contributed by atoms with Crippen LogP contribution in [0.1, 0.15) is 43.5 Å². The number of amides is 1. The van der Waals surface area contributed by atoms with Crippen LogP contribution in [0, 0.1) is 6.92 Å². The molecule has 6 rings (SSSR count). The van der Waals surface area contributed by atoms with Gasteiger partial charge >= 0.3 is 0 Å². The van der Waals surface area contributed by atoms with Crippen molar-refractivity contribution in [2.75, 3.05) is 18.0 Å². The Hall–Kier alpha value is -3.59. The second-order valence-corrected chi connectivity index (χ2v) is 12.7. The van der Waals surface area contributed by atoms with Crippen molar-refractivity contribution in [1.82, 2.24) is 19.4 Å². The van der Waals surface area contributed by atoms with Gasteiger partial charge in [0.15, 0.2) is 0 Å². The van der Waals surface area contributed by atoms with E-state index in [0.29, 0.717) is 47.4 Å². The van der Waals surface area contributed by atoms with Crippen LogP contribution in [-0.2, 0) is 11.2 Å². The molecule has 1 fully saturated rings. The molecule has 0 spiro atoms. The van der Waals surface area contributed by atoms with Crippen LogP contribution in [-0.4, -0.2) is 55.6 Å². The molecule has 5 heterocycles. The Labute approximate surface area is 264 Å². The normalized spacial score (nSPS) is 17.9. The van der Waals surface area contributed by atoms with Crippen LogP contribution in [0.4, 0.5) is 5.69 Å². The molecule has 222 valence electrons. The standard InChI is InChI=1S/C32H30Cl3N5O3/c1-6-25(42)38-14-18-9-22-30(39(18)13-17(38)5)21-12-24(34)28(20-10-19(41)11-23(33)26(20)35)37-31(21)40(32(22)43)29-16(4)7-8-36-27(29)15(2)3/h6-8,10-12,15,17-18,41H,1,9,13-14H2,2-5H3. The molecule has 2 unspecified atom stereocenters. The molecule has 1 amide bonds. The number of phenols is 1. The summed E-state index contributed by atoms with van der Waals surface area (Å²) in [5.41, 5.74) is 4.50. The summed E-state index contributed by atoms with van der Waals surface area (Å²) in [5, 5.41) is 11.6. The first-order chi connectivity index (χ1) is 20.4. The Balaban J connectivity index is 1.70. The lowest BCUT2D eigenvalue weighted by molar-refractivity contribution is -0.128. The maximum Gasteiger partial charge on any atom is 0.262 e. The molecule has 8 nitrogen and oxygen atoms in total. The molecule has 11 heteroatoms. The molecule has 0 aliphatic carbocycles. The van der Waals surface area contributed by atoms with Crippen LogP contribution in [0.3, 0.4) is 0 Å². The Morgan fingerprint density at radius 2 is 1.88 bits per heavy atom. The summed E-state index contributed by atoms with van der Waals surface area (Å²) in [6.45, 7) is 12.7. The number of rotatable bonds is 4. The molecular weight excluding hydrogens is 609 g/mol. The van der Waals surface area contributed by atoms with Crippen molar-refractivity contribution in [2.45, 2.75) is 52.1 Å². The summed E-state index contributed by atoms with van der Waals surface area (Å²) in [4.78, 5) is 41.0. The fraction of sp³-hybridized carbons (Fsp3) is 0.312. The second-order valence-electron chi connectivity index (χ2n) is 11.5. The van der Waals surface area contributed by atoms with Gasteiger partial charge in [0.1, 0.15) is 11.4 Å². The summed E-state index contributed by atoms with van der Waals surface area (Å²) >= 11 is 19.8. The minimum absolute atomic E-state index is 0.0156. The average Bonchev–Trinajstić information content (AvgIpc) is 3.33. The molecule has 1 N–H and O–H groups in total. The van der Waals surface area contributed by atoms with Gasteiger partial charge in [-0.05, 0) is 49.6 Å². The number of phenolic OH excluding ortho intramolecular Hbond substituents is 1. The third-order valence-corrected chi connectivity index (χ3v) is 9.48. The summed E-state index contributed by atoms with van der Waals surface area (Å²) in [6, 6.07) is 6.27. The van der Waals surface area contributed by atoms with E-state index < -0.39 is 0 Å². The smallest absolute Gasteiger partial charge is 0.262 e. The van der Waals surface area contributed by atoms with E-state index in [1.54, 1.807) is 21.7 Å². The lowest BCUT2D eigenvalue weighted by Gasteiger charge is -2.43. The van der Waals surface area contributed by atoms with Gasteiger partial charge in [-0.3, -0.25) is 19.1 Å². The molecule has 43 heavy (non-hydrogen) atoms. The van der Waals surface area contributed by atoms with E-state index in [-0.39, 0.29) is 56.0 Å². The van der Waals surface area contributed by atoms with E-state index >= 15 is 0 Å². The zero-order valence-corrected chi connectivity index (χ0v) is 26.4. The Morgan fingerprint density at radius 3 is 2.58 bits per heavy atom. The number of hydrogen-bond acceptors (Lipinski definition) is 6. The van der Waals surface area contributed by atoms with Gasteiger partial charge in [-0.1, -0.05) is 55.2 Å². The number of nitrogens with zero attached hydrogens (tertiary/aromatic N) is 5. The van der Waals surface area contributed by atoms with Gasteiger partial charge in [0.05, 0.1) is 43.9 Å². The molecular formula is C32H30Cl3N5O3. The number of benzene rings is 1. The fourth-order valence-corrected chi connectivity index (χ4v) is 7.07. The van der Waals surface area contributed by atoms with Crippen molar-refractivity contribution in [3.05, 3.63) is 85.4 Å². The minimum Gasteiger partial charge on any atom is -0.508 e. The lowest BCUT2D eigenvalue weighted by Crippen LogP contribution is -2.57. The number of anilines is 1. The monoisotopic (exact) mass is 637 g/mol. The van der Waals surface area contributed by atoms with E-state index in [2.05, 4.69) is 16.5 Å². The van der Waals surface area contributed by atoms with Crippen LogP contribution in [0.5, 0.6) is 5.75 Å². The number of fused-ring (bicyclic) bond motifs is 5. The summed E-state index contributed by atoms with van der Waals surface area (Å²) in [7, 11) is 0. The molecule has 2 aliphatic heterocycles. The van der Waals surface area contributed by atoms with E-state index in [9.17, 15) is 14.7 Å². The van der Waals surface area contributed by atoms with Gasteiger partial charge in [0, 0.05) is 54.3 Å². The Kier molecular flexibility index (Phi) is 7.43. The van der Waals surface area contributed by atoms with Gasteiger partial charge in [0.25, 0.3) is 5.56 Å². The van der Waals surface area contributed by atoms with Crippen molar-refractivity contribution in [3.8, 4) is 22.7 Å².